The smallest absolute Gasteiger partial charge is 0.101 e. The van der Waals surface area contributed by atoms with Gasteiger partial charge in [0.25, 0.3) is 0 Å². The molecule has 2 heteroatoms. The molecule has 0 fully saturated rings. The summed E-state index contributed by atoms with van der Waals surface area (Å²) in [5.74, 6) is 0.640. The van der Waals surface area contributed by atoms with Crippen molar-refractivity contribution in [1.82, 2.24) is 0 Å². The molecule has 0 N–H and O–H groups in total. The van der Waals surface area contributed by atoms with Crippen molar-refractivity contribution in [3.63, 3.8) is 0 Å². The zero-order valence-electron chi connectivity index (χ0n) is 6.41. The highest BCUT2D eigenvalue weighted by atomic mass is 35.5. The fourth-order valence-electron chi connectivity index (χ4n) is 0.667. The average Bonchev–Trinajstić information content (AvgIpc) is 1.65. The summed E-state index contributed by atoms with van der Waals surface area (Å²) >= 11 is 11.9. The Morgan fingerprint density at radius 3 is 1.11 bits per heavy atom. The van der Waals surface area contributed by atoms with E-state index in [1.807, 2.05) is 27.7 Å². The van der Waals surface area contributed by atoms with Gasteiger partial charge in [0.05, 0.1) is 0 Å². The summed E-state index contributed by atoms with van der Waals surface area (Å²) in [6.07, 6.45) is 0. The molecular weight excluding hydrogens is 155 g/mol. The van der Waals surface area contributed by atoms with Crippen LogP contribution in [0.2, 0.25) is 0 Å². The van der Waals surface area contributed by atoms with E-state index in [2.05, 4.69) is 0 Å². The molecule has 0 bridgehead atoms. The second-order valence-corrected chi connectivity index (χ2v) is 4.43. The number of alkyl halides is 2. The first kappa shape index (κ1) is 9.58. The van der Waals surface area contributed by atoms with E-state index in [0.717, 1.165) is 0 Å². The number of halogens is 2. The highest BCUT2D eigenvalue weighted by Gasteiger charge is 2.31. The Balaban J connectivity index is 4.01. The molecular formula is C7H14Cl2. The highest BCUT2D eigenvalue weighted by Crippen LogP contribution is 2.37. The van der Waals surface area contributed by atoms with E-state index in [9.17, 15) is 0 Å². The van der Waals surface area contributed by atoms with Crippen LogP contribution in [0.5, 0.6) is 0 Å². The summed E-state index contributed by atoms with van der Waals surface area (Å²) in [4.78, 5) is 0. The predicted molar refractivity (Wildman–Crippen MR) is 44.1 cm³/mol. The van der Waals surface area contributed by atoms with E-state index in [-0.39, 0.29) is 0 Å². The van der Waals surface area contributed by atoms with Crippen LogP contribution in [-0.4, -0.2) is 4.33 Å². The van der Waals surface area contributed by atoms with Gasteiger partial charge in [0.1, 0.15) is 4.33 Å². The van der Waals surface area contributed by atoms with Crippen molar-refractivity contribution in [3.05, 3.63) is 0 Å². The zero-order valence-corrected chi connectivity index (χ0v) is 7.92. The standard InChI is InChI=1S/C7H14Cl2/c1-5(2)7(8,9)6(3)4/h5-6H,1-4H3. The molecule has 56 valence electrons. The predicted octanol–water partition coefficient (Wildman–Crippen LogP) is 3.47. The SMILES string of the molecule is CC(C)C(Cl)(Cl)C(C)C. The molecule has 0 rings (SSSR count). The molecule has 0 nitrogen and oxygen atoms in total. The molecule has 0 atom stereocenters. The maximum atomic E-state index is 5.97. The third-order valence-electron chi connectivity index (χ3n) is 1.54. The monoisotopic (exact) mass is 168 g/mol. The quantitative estimate of drug-likeness (QED) is 0.555. The van der Waals surface area contributed by atoms with Crippen molar-refractivity contribution in [2.75, 3.05) is 0 Å². The Morgan fingerprint density at radius 2 is 1.11 bits per heavy atom. The summed E-state index contributed by atoms with van der Waals surface area (Å²) in [6, 6.07) is 0. The number of rotatable bonds is 2. The zero-order chi connectivity index (χ0) is 7.65. The van der Waals surface area contributed by atoms with Crippen LogP contribution in [-0.2, 0) is 0 Å². The van der Waals surface area contributed by atoms with Crippen LogP contribution in [0, 0.1) is 11.8 Å². The van der Waals surface area contributed by atoms with Crippen molar-refractivity contribution < 1.29 is 0 Å². The van der Waals surface area contributed by atoms with Crippen LogP contribution in [0.3, 0.4) is 0 Å². The van der Waals surface area contributed by atoms with Crippen LogP contribution < -0.4 is 0 Å². The fraction of sp³-hybridized carbons (Fsp3) is 1.00. The van der Waals surface area contributed by atoms with Crippen LogP contribution in [0.25, 0.3) is 0 Å². The summed E-state index contributed by atoms with van der Waals surface area (Å²) in [5, 5.41) is 0. The minimum atomic E-state index is -0.556. The lowest BCUT2D eigenvalue weighted by atomic mass is 9.99. The van der Waals surface area contributed by atoms with Crippen molar-refractivity contribution in [3.8, 4) is 0 Å². The normalized spacial score (nSPS) is 13.3. The summed E-state index contributed by atoms with van der Waals surface area (Å²) in [5.41, 5.74) is 0. The lowest BCUT2D eigenvalue weighted by Gasteiger charge is -2.27. The van der Waals surface area contributed by atoms with E-state index in [1.54, 1.807) is 0 Å². The van der Waals surface area contributed by atoms with Gasteiger partial charge in [-0.3, -0.25) is 0 Å². The Morgan fingerprint density at radius 1 is 0.889 bits per heavy atom. The molecule has 0 aromatic heterocycles. The molecule has 0 saturated heterocycles. The van der Waals surface area contributed by atoms with Crippen molar-refractivity contribution >= 4 is 23.2 Å². The van der Waals surface area contributed by atoms with E-state index in [4.69, 9.17) is 23.2 Å². The van der Waals surface area contributed by atoms with E-state index >= 15 is 0 Å². The lowest BCUT2D eigenvalue weighted by Crippen LogP contribution is -2.27. The largest absolute Gasteiger partial charge is 0.122 e. The molecule has 0 spiro atoms. The van der Waals surface area contributed by atoms with Gasteiger partial charge >= 0.3 is 0 Å². The van der Waals surface area contributed by atoms with Gasteiger partial charge in [0.2, 0.25) is 0 Å². The fourth-order valence-corrected chi connectivity index (χ4v) is 0.667. The molecule has 0 amide bonds. The Kier molecular flexibility index (Phi) is 3.32. The first-order chi connectivity index (χ1) is 3.89. The van der Waals surface area contributed by atoms with E-state index < -0.39 is 4.33 Å². The van der Waals surface area contributed by atoms with Crippen molar-refractivity contribution in [2.24, 2.45) is 11.8 Å². The molecule has 0 aliphatic carbocycles. The van der Waals surface area contributed by atoms with E-state index in [0.29, 0.717) is 11.8 Å². The molecule has 9 heavy (non-hydrogen) atoms. The Bertz CT molecular complexity index is 74.9. The maximum Gasteiger partial charge on any atom is 0.122 e. The minimum Gasteiger partial charge on any atom is -0.101 e. The second kappa shape index (κ2) is 3.12. The second-order valence-electron chi connectivity index (χ2n) is 2.98. The van der Waals surface area contributed by atoms with Gasteiger partial charge in [-0.25, -0.2) is 0 Å². The average molecular weight is 169 g/mol. The van der Waals surface area contributed by atoms with Gasteiger partial charge in [0, 0.05) is 0 Å². The van der Waals surface area contributed by atoms with Gasteiger partial charge in [-0.15, -0.1) is 23.2 Å². The van der Waals surface area contributed by atoms with Crippen LogP contribution in [0.1, 0.15) is 27.7 Å². The van der Waals surface area contributed by atoms with Gasteiger partial charge in [-0.1, -0.05) is 27.7 Å². The van der Waals surface area contributed by atoms with Crippen LogP contribution >= 0.6 is 23.2 Å². The summed E-state index contributed by atoms with van der Waals surface area (Å²) < 4.78 is -0.556. The number of hydrogen-bond donors (Lipinski definition) is 0. The van der Waals surface area contributed by atoms with E-state index in [1.165, 1.54) is 0 Å². The van der Waals surface area contributed by atoms with Crippen molar-refractivity contribution in [2.45, 2.75) is 32.0 Å². The molecule has 0 aromatic carbocycles. The van der Waals surface area contributed by atoms with Gasteiger partial charge in [-0.2, -0.15) is 0 Å². The first-order valence-corrected chi connectivity index (χ1v) is 4.02. The third kappa shape index (κ3) is 2.35. The van der Waals surface area contributed by atoms with Crippen LogP contribution in [0.15, 0.2) is 0 Å². The third-order valence-corrected chi connectivity index (χ3v) is 3.29. The highest BCUT2D eigenvalue weighted by molar-refractivity contribution is 6.48. The topological polar surface area (TPSA) is 0 Å². The molecule has 0 aromatic rings. The lowest BCUT2D eigenvalue weighted by molar-refractivity contribution is 0.433. The molecule has 0 heterocycles. The van der Waals surface area contributed by atoms with Gasteiger partial charge in [0.15, 0.2) is 0 Å². The number of hydrogen-bond acceptors (Lipinski definition) is 0. The molecule has 0 aliphatic heterocycles. The summed E-state index contributed by atoms with van der Waals surface area (Å²) in [7, 11) is 0. The summed E-state index contributed by atoms with van der Waals surface area (Å²) in [6.45, 7) is 8.11. The maximum absolute atomic E-state index is 5.97. The Hall–Kier alpha value is 0.580. The molecule has 0 aliphatic rings. The van der Waals surface area contributed by atoms with Gasteiger partial charge < -0.3 is 0 Å². The molecule has 0 saturated carbocycles. The first-order valence-electron chi connectivity index (χ1n) is 3.26. The Labute approximate surface area is 67.5 Å². The molecule has 0 unspecified atom stereocenters. The molecule has 0 radical (unpaired) electrons. The van der Waals surface area contributed by atoms with Crippen molar-refractivity contribution in [1.29, 1.82) is 0 Å². The van der Waals surface area contributed by atoms with Gasteiger partial charge in [-0.05, 0) is 11.8 Å². The minimum absolute atomic E-state index is 0.320. The van der Waals surface area contributed by atoms with Crippen LogP contribution in [0.4, 0.5) is 0 Å².